The Labute approximate surface area is 175 Å². The van der Waals surface area contributed by atoms with Crippen LogP contribution in [0.1, 0.15) is 29.3 Å². The molecule has 0 saturated carbocycles. The van der Waals surface area contributed by atoms with E-state index in [1.807, 2.05) is 69.3 Å². The van der Waals surface area contributed by atoms with Crippen LogP contribution in [0.5, 0.6) is 0 Å². The maximum absolute atomic E-state index is 13.5. The summed E-state index contributed by atoms with van der Waals surface area (Å²) in [5.74, 6) is 0. The van der Waals surface area contributed by atoms with Gasteiger partial charge in [-0.15, -0.1) is 0 Å². The Bertz CT molecular complexity index is 1310. The van der Waals surface area contributed by atoms with Crippen LogP contribution in [-0.2, 0) is 26.1 Å². The van der Waals surface area contributed by atoms with Gasteiger partial charge in [0.2, 0.25) is 0 Å². The summed E-state index contributed by atoms with van der Waals surface area (Å²) >= 11 is 0. The van der Waals surface area contributed by atoms with Crippen molar-refractivity contribution < 1.29 is 0 Å². The van der Waals surface area contributed by atoms with Crippen molar-refractivity contribution in [1.29, 1.82) is 0 Å². The maximum atomic E-state index is 13.5. The van der Waals surface area contributed by atoms with Gasteiger partial charge in [-0.1, -0.05) is 60.2 Å². The smallest absolute Gasteiger partial charge is 0.285 e. The highest BCUT2D eigenvalue weighted by atomic mass is 16.2. The van der Waals surface area contributed by atoms with Crippen molar-refractivity contribution in [3.05, 3.63) is 97.8 Å². The molecule has 0 unspecified atom stereocenters. The van der Waals surface area contributed by atoms with Crippen LogP contribution in [0, 0.1) is 13.8 Å². The van der Waals surface area contributed by atoms with Gasteiger partial charge in [-0.3, -0.25) is 18.6 Å². The summed E-state index contributed by atoms with van der Waals surface area (Å²) < 4.78 is 4.77. The van der Waals surface area contributed by atoms with Crippen LogP contribution < -0.4 is 11.2 Å². The molecule has 0 bridgehead atoms. The van der Waals surface area contributed by atoms with E-state index in [2.05, 4.69) is 11.2 Å². The number of hydrogen-bond donors (Lipinski definition) is 0. The van der Waals surface area contributed by atoms with Crippen molar-refractivity contribution in [1.82, 2.24) is 18.9 Å². The fourth-order valence-electron chi connectivity index (χ4n) is 4.01. The Morgan fingerprint density at radius 3 is 2.30 bits per heavy atom. The van der Waals surface area contributed by atoms with Gasteiger partial charge in [0.1, 0.15) is 0 Å². The molecule has 0 saturated heterocycles. The second kappa shape index (κ2) is 8.14. The third-order valence-corrected chi connectivity index (χ3v) is 5.46. The third-order valence-electron chi connectivity index (χ3n) is 5.46. The Balaban J connectivity index is 1.89. The zero-order valence-corrected chi connectivity index (χ0v) is 17.6. The molecule has 0 fully saturated rings. The first-order valence-corrected chi connectivity index (χ1v) is 10.3. The van der Waals surface area contributed by atoms with Gasteiger partial charge in [0.15, 0.2) is 5.52 Å². The summed E-state index contributed by atoms with van der Waals surface area (Å²) in [7, 11) is 0. The molecule has 0 N–H and O–H groups in total. The van der Waals surface area contributed by atoms with Crippen molar-refractivity contribution >= 4 is 11.0 Å². The molecular formula is C24H26N4O2. The number of aromatic nitrogens is 4. The number of benzene rings is 2. The molecule has 154 valence electrons. The van der Waals surface area contributed by atoms with Gasteiger partial charge in [-0.25, -0.2) is 4.79 Å². The topological polar surface area (TPSA) is 61.8 Å². The van der Waals surface area contributed by atoms with Gasteiger partial charge in [-0.05, 0) is 38.3 Å². The Morgan fingerprint density at radius 1 is 0.867 bits per heavy atom. The molecule has 0 radical (unpaired) electrons. The lowest BCUT2D eigenvalue weighted by molar-refractivity contribution is 0.583. The zero-order valence-electron chi connectivity index (χ0n) is 17.6. The van der Waals surface area contributed by atoms with Crippen molar-refractivity contribution in [2.75, 3.05) is 0 Å². The van der Waals surface area contributed by atoms with Crippen LogP contribution in [0.3, 0.4) is 0 Å². The second-order valence-corrected chi connectivity index (χ2v) is 7.65. The average Bonchev–Trinajstić information content (AvgIpc) is 3.08. The molecule has 0 aliphatic rings. The summed E-state index contributed by atoms with van der Waals surface area (Å²) in [4.78, 5) is 26.8. The molecule has 6 nitrogen and oxygen atoms in total. The third kappa shape index (κ3) is 3.61. The molecule has 0 aliphatic heterocycles. The van der Waals surface area contributed by atoms with E-state index < -0.39 is 0 Å². The van der Waals surface area contributed by atoms with Gasteiger partial charge in [0.05, 0.1) is 17.8 Å². The number of nitrogens with zero attached hydrogens (tertiary/aromatic N) is 4. The quantitative estimate of drug-likeness (QED) is 0.497. The zero-order chi connectivity index (χ0) is 21.3. The predicted octanol–water partition coefficient (Wildman–Crippen LogP) is 3.29. The fraction of sp³-hybridized carbons (Fsp3) is 0.292. The highest BCUT2D eigenvalue weighted by Crippen LogP contribution is 2.16. The first-order valence-electron chi connectivity index (χ1n) is 10.3. The second-order valence-electron chi connectivity index (χ2n) is 7.65. The predicted molar refractivity (Wildman–Crippen MR) is 119 cm³/mol. The first kappa shape index (κ1) is 19.9. The van der Waals surface area contributed by atoms with Gasteiger partial charge < -0.3 is 0 Å². The summed E-state index contributed by atoms with van der Waals surface area (Å²) in [5.41, 5.74) is 4.51. The van der Waals surface area contributed by atoms with Crippen molar-refractivity contribution in [3.63, 3.8) is 0 Å². The highest BCUT2D eigenvalue weighted by molar-refractivity contribution is 5.77. The van der Waals surface area contributed by atoms with E-state index in [-0.39, 0.29) is 11.2 Å². The normalized spacial score (nSPS) is 11.3. The van der Waals surface area contributed by atoms with Gasteiger partial charge >= 0.3 is 5.69 Å². The van der Waals surface area contributed by atoms with E-state index in [9.17, 15) is 9.59 Å². The number of fused-ring (bicyclic) bond motifs is 1. The average molecular weight is 402 g/mol. The van der Waals surface area contributed by atoms with Crippen LogP contribution in [-0.4, -0.2) is 18.9 Å². The molecule has 2 aromatic carbocycles. The molecule has 4 aromatic rings. The van der Waals surface area contributed by atoms with E-state index in [1.54, 1.807) is 9.25 Å². The summed E-state index contributed by atoms with van der Waals surface area (Å²) in [6.07, 6.45) is 0.616. The molecule has 4 rings (SSSR count). The van der Waals surface area contributed by atoms with E-state index in [1.165, 1.54) is 4.57 Å². The molecule has 0 spiro atoms. The molecule has 0 atom stereocenters. The minimum atomic E-state index is -0.288. The van der Waals surface area contributed by atoms with Crippen molar-refractivity contribution in [2.24, 2.45) is 0 Å². The van der Waals surface area contributed by atoms with Crippen LogP contribution >= 0.6 is 0 Å². The first-order chi connectivity index (χ1) is 14.5. The highest BCUT2D eigenvalue weighted by Gasteiger charge is 2.20. The summed E-state index contributed by atoms with van der Waals surface area (Å²) in [5, 5.41) is 4.53. The number of hydrogen-bond acceptors (Lipinski definition) is 3. The van der Waals surface area contributed by atoms with Crippen LogP contribution in [0.25, 0.3) is 11.0 Å². The van der Waals surface area contributed by atoms with E-state index >= 15 is 0 Å². The van der Waals surface area contributed by atoms with Gasteiger partial charge in [-0.2, -0.15) is 5.10 Å². The Hall–Kier alpha value is -3.41. The lowest BCUT2D eigenvalue weighted by atomic mass is 10.1. The fourth-order valence-corrected chi connectivity index (χ4v) is 4.01. The van der Waals surface area contributed by atoms with Crippen LogP contribution in [0.4, 0.5) is 0 Å². The maximum Gasteiger partial charge on any atom is 0.331 e. The van der Waals surface area contributed by atoms with Gasteiger partial charge in [0.25, 0.3) is 5.56 Å². The van der Waals surface area contributed by atoms with Crippen LogP contribution in [0.15, 0.2) is 64.2 Å². The minimum absolute atomic E-state index is 0.270. The molecular weight excluding hydrogens is 376 g/mol. The van der Waals surface area contributed by atoms with Gasteiger partial charge in [0, 0.05) is 13.1 Å². The number of rotatable bonds is 6. The lowest BCUT2D eigenvalue weighted by Gasteiger charge is -2.14. The molecule has 0 amide bonds. The molecule has 6 heteroatoms. The van der Waals surface area contributed by atoms with Crippen molar-refractivity contribution in [2.45, 2.75) is 46.8 Å². The largest absolute Gasteiger partial charge is 0.331 e. The minimum Gasteiger partial charge on any atom is -0.285 e. The van der Waals surface area contributed by atoms with Crippen molar-refractivity contribution in [3.8, 4) is 0 Å². The van der Waals surface area contributed by atoms with Crippen LogP contribution in [0.2, 0.25) is 0 Å². The number of aryl methyl sites for hydroxylation is 4. The van der Waals surface area contributed by atoms with E-state index in [4.69, 9.17) is 0 Å². The summed E-state index contributed by atoms with van der Waals surface area (Å²) in [6, 6.07) is 18.0. The standard InChI is InChI=1S/C24H26N4O2/c1-4-28-22-21(18(3)25-28)27(16-20-12-8-9-17(2)15-20)24(30)26(23(22)29)14-13-19-10-6-5-7-11-19/h5-12,15H,4,13-14,16H2,1-3H3. The summed E-state index contributed by atoms with van der Waals surface area (Å²) in [6.45, 7) is 7.15. The monoisotopic (exact) mass is 402 g/mol. The van der Waals surface area contributed by atoms with E-state index in [0.29, 0.717) is 42.8 Å². The Kier molecular flexibility index (Phi) is 5.40. The Morgan fingerprint density at radius 2 is 1.60 bits per heavy atom. The molecule has 0 aliphatic carbocycles. The molecule has 30 heavy (non-hydrogen) atoms. The van der Waals surface area contributed by atoms with E-state index in [0.717, 1.165) is 16.7 Å². The molecule has 2 heterocycles. The lowest BCUT2D eigenvalue weighted by Crippen LogP contribution is -2.41. The SMILES string of the molecule is CCn1nc(C)c2c1c(=O)n(CCc1ccccc1)c(=O)n2Cc1cccc(C)c1. The molecule has 2 aromatic heterocycles.